The average Bonchev–Trinajstić information content (AvgIpc) is 2.56. The van der Waals surface area contributed by atoms with E-state index in [1.165, 1.54) is 0 Å². The summed E-state index contributed by atoms with van der Waals surface area (Å²) in [6.07, 6.45) is 4.14. The molecule has 2 aliphatic heterocycles. The summed E-state index contributed by atoms with van der Waals surface area (Å²) in [7, 11) is 0. The van der Waals surface area contributed by atoms with E-state index in [2.05, 4.69) is 29.0 Å². The molecule has 1 atom stereocenters. The van der Waals surface area contributed by atoms with Crippen molar-refractivity contribution >= 4 is 23.5 Å². The highest BCUT2D eigenvalue weighted by Gasteiger charge is 2.24. The molecule has 0 aliphatic carbocycles. The van der Waals surface area contributed by atoms with Gasteiger partial charge < -0.3 is 20.3 Å². The lowest BCUT2D eigenvalue weighted by molar-refractivity contribution is 0.0985. The largest absolute Gasteiger partial charge is 0.377 e. The van der Waals surface area contributed by atoms with Gasteiger partial charge in [0, 0.05) is 37.5 Å². The molecule has 3 heterocycles. The summed E-state index contributed by atoms with van der Waals surface area (Å²) in [5, 5.41) is 0. The van der Waals surface area contributed by atoms with E-state index in [0.717, 1.165) is 68.9 Å². The number of ether oxygens (including phenoxy) is 1. The minimum Gasteiger partial charge on any atom is -0.377 e. The first-order valence-electron chi connectivity index (χ1n) is 8.39. The van der Waals surface area contributed by atoms with E-state index >= 15 is 0 Å². The quantitative estimate of drug-likeness (QED) is 0.893. The van der Waals surface area contributed by atoms with Gasteiger partial charge in [-0.3, -0.25) is 0 Å². The first-order valence-corrected chi connectivity index (χ1v) is 9.78. The Morgan fingerprint density at radius 1 is 1.30 bits per heavy atom. The van der Waals surface area contributed by atoms with Crippen molar-refractivity contribution < 1.29 is 4.74 Å². The van der Waals surface area contributed by atoms with Crippen LogP contribution in [-0.4, -0.2) is 61.2 Å². The van der Waals surface area contributed by atoms with E-state index in [4.69, 9.17) is 20.4 Å². The number of morpholine rings is 1. The number of hydrogen-bond donors (Lipinski definition) is 1. The average molecular weight is 337 g/mol. The van der Waals surface area contributed by atoms with E-state index in [1.807, 2.05) is 0 Å². The Morgan fingerprint density at radius 3 is 2.78 bits per heavy atom. The summed E-state index contributed by atoms with van der Waals surface area (Å²) in [4.78, 5) is 14.3. The van der Waals surface area contributed by atoms with Crippen molar-refractivity contribution in [3.63, 3.8) is 0 Å². The summed E-state index contributed by atoms with van der Waals surface area (Å²) in [6.45, 7) is 6.50. The van der Waals surface area contributed by atoms with Crippen LogP contribution in [0.1, 0.15) is 25.5 Å². The zero-order valence-corrected chi connectivity index (χ0v) is 14.9. The van der Waals surface area contributed by atoms with Crippen LogP contribution in [0.25, 0.3) is 0 Å². The van der Waals surface area contributed by atoms with Crippen molar-refractivity contribution in [2.45, 2.75) is 37.6 Å². The molecule has 0 unspecified atom stereocenters. The first kappa shape index (κ1) is 16.8. The monoisotopic (exact) mass is 337 g/mol. The number of aromatic nitrogens is 2. The Labute approximate surface area is 142 Å². The van der Waals surface area contributed by atoms with Gasteiger partial charge >= 0.3 is 0 Å². The van der Waals surface area contributed by atoms with E-state index in [1.54, 1.807) is 11.8 Å². The van der Waals surface area contributed by atoms with Crippen LogP contribution in [0.2, 0.25) is 0 Å². The number of nitrogens with two attached hydrogens (primary N) is 1. The van der Waals surface area contributed by atoms with Crippen LogP contribution in [0, 0.1) is 0 Å². The van der Waals surface area contributed by atoms with Gasteiger partial charge in [-0.1, -0.05) is 0 Å². The van der Waals surface area contributed by atoms with E-state index < -0.39 is 0 Å². The highest BCUT2D eigenvalue weighted by atomic mass is 32.2. The molecule has 2 fully saturated rings. The standard InChI is InChI=1S/C16H27N5OS/c1-12-10-22-8-7-21(12)15-9-14(11-23-2)18-16(19-15)20-5-3-13(17)4-6-20/h9,12-13H,3-8,10-11,17H2,1-2H3/t12-/m0/s1. The van der Waals surface area contributed by atoms with Crippen molar-refractivity contribution in [2.75, 3.05) is 48.9 Å². The molecule has 23 heavy (non-hydrogen) atoms. The number of piperidine rings is 1. The zero-order chi connectivity index (χ0) is 16.2. The number of nitrogens with zero attached hydrogens (tertiary/aromatic N) is 4. The molecule has 1 aromatic rings. The summed E-state index contributed by atoms with van der Waals surface area (Å²) in [5.41, 5.74) is 7.13. The topological polar surface area (TPSA) is 67.5 Å². The Morgan fingerprint density at radius 2 is 2.09 bits per heavy atom. The van der Waals surface area contributed by atoms with Crippen LogP contribution in [-0.2, 0) is 10.5 Å². The second-order valence-corrected chi connectivity index (χ2v) is 7.26. The molecule has 0 bridgehead atoms. The second-order valence-electron chi connectivity index (χ2n) is 6.39. The maximum absolute atomic E-state index is 6.02. The van der Waals surface area contributed by atoms with Crippen LogP contribution < -0.4 is 15.5 Å². The van der Waals surface area contributed by atoms with Crippen molar-refractivity contribution in [1.82, 2.24) is 9.97 Å². The maximum Gasteiger partial charge on any atom is 0.227 e. The smallest absolute Gasteiger partial charge is 0.227 e. The van der Waals surface area contributed by atoms with Crippen molar-refractivity contribution in [3.05, 3.63) is 11.8 Å². The van der Waals surface area contributed by atoms with Crippen molar-refractivity contribution in [3.8, 4) is 0 Å². The molecule has 1 aromatic heterocycles. The maximum atomic E-state index is 6.02. The lowest BCUT2D eigenvalue weighted by Crippen LogP contribution is -2.45. The predicted octanol–water partition coefficient (Wildman–Crippen LogP) is 1.49. The molecule has 2 aliphatic rings. The van der Waals surface area contributed by atoms with Gasteiger partial charge in [-0.05, 0) is 26.0 Å². The molecule has 3 rings (SSSR count). The Balaban J connectivity index is 1.86. The molecular formula is C16H27N5OS. The molecule has 0 amide bonds. The van der Waals surface area contributed by atoms with Gasteiger partial charge in [0.25, 0.3) is 0 Å². The van der Waals surface area contributed by atoms with Gasteiger partial charge in [-0.25, -0.2) is 4.98 Å². The lowest BCUT2D eigenvalue weighted by atomic mass is 10.1. The first-order chi connectivity index (χ1) is 11.2. The van der Waals surface area contributed by atoms with E-state index in [0.29, 0.717) is 12.1 Å². The highest BCUT2D eigenvalue weighted by Crippen LogP contribution is 2.24. The van der Waals surface area contributed by atoms with Crippen LogP contribution in [0.4, 0.5) is 11.8 Å². The van der Waals surface area contributed by atoms with Crippen molar-refractivity contribution in [1.29, 1.82) is 0 Å². The SMILES string of the molecule is CSCc1cc(N2CCOC[C@@H]2C)nc(N2CCC(N)CC2)n1. The van der Waals surface area contributed by atoms with Crippen LogP contribution in [0.3, 0.4) is 0 Å². The molecular weight excluding hydrogens is 310 g/mol. The Bertz CT molecular complexity index is 521. The predicted molar refractivity (Wildman–Crippen MR) is 96.3 cm³/mol. The Kier molecular flexibility index (Phi) is 5.61. The number of rotatable bonds is 4. The number of anilines is 2. The summed E-state index contributed by atoms with van der Waals surface area (Å²) in [6, 6.07) is 2.81. The van der Waals surface area contributed by atoms with Crippen LogP contribution >= 0.6 is 11.8 Å². The third-order valence-electron chi connectivity index (χ3n) is 4.53. The summed E-state index contributed by atoms with van der Waals surface area (Å²) >= 11 is 1.79. The summed E-state index contributed by atoms with van der Waals surface area (Å²) < 4.78 is 5.56. The molecule has 2 saturated heterocycles. The van der Waals surface area contributed by atoms with Crippen LogP contribution in [0.15, 0.2) is 6.07 Å². The minimum absolute atomic E-state index is 0.319. The van der Waals surface area contributed by atoms with Gasteiger partial charge in [0.2, 0.25) is 5.95 Å². The second kappa shape index (κ2) is 7.68. The lowest BCUT2D eigenvalue weighted by Gasteiger charge is -2.35. The molecule has 128 valence electrons. The molecule has 0 saturated carbocycles. The molecule has 6 nitrogen and oxygen atoms in total. The molecule has 0 aromatic carbocycles. The zero-order valence-electron chi connectivity index (χ0n) is 14.1. The molecule has 7 heteroatoms. The normalized spacial score (nSPS) is 23.3. The van der Waals surface area contributed by atoms with Crippen molar-refractivity contribution in [2.24, 2.45) is 5.73 Å². The van der Waals surface area contributed by atoms with Crippen LogP contribution in [0.5, 0.6) is 0 Å². The third kappa shape index (κ3) is 4.08. The fraction of sp³-hybridized carbons (Fsp3) is 0.750. The van der Waals surface area contributed by atoms with Gasteiger partial charge in [0.1, 0.15) is 5.82 Å². The number of hydrogen-bond acceptors (Lipinski definition) is 7. The number of thioether (sulfide) groups is 1. The minimum atomic E-state index is 0.319. The molecule has 0 spiro atoms. The highest BCUT2D eigenvalue weighted by molar-refractivity contribution is 7.97. The van der Waals surface area contributed by atoms with Gasteiger partial charge in [0.15, 0.2) is 0 Å². The summed E-state index contributed by atoms with van der Waals surface area (Å²) in [5.74, 6) is 2.80. The van der Waals surface area contributed by atoms with Gasteiger partial charge in [-0.2, -0.15) is 16.7 Å². The molecule has 2 N–H and O–H groups in total. The van der Waals surface area contributed by atoms with Gasteiger partial charge in [-0.15, -0.1) is 0 Å². The van der Waals surface area contributed by atoms with E-state index in [-0.39, 0.29) is 0 Å². The third-order valence-corrected chi connectivity index (χ3v) is 5.11. The fourth-order valence-electron chi connectivity index (χ4n) is 3.15. The molecule has 0 radical (unpaired) electrons. The van der Waals surface area contributed by atoms with E-state index in [9.17, 15) is 0 Å². The fourth-order valence-corrected chi connectivity index (χ4v) is 3.59. The van der Waals surface area contributed by atoms with Gasteiger partial charge in [0.05, 0.1) is 24.9 Å². The Hall–Kier alpha value is -1.05.